The van der Waals surface area contributed by atoms with E-state index >= 15 is 0 Å². The van der Waals surface area contributed by atoms with Crippen molar-refractivity contribution in [1.82, 2.24) is 20.0 Å². The summed E-state index contributed by atoms with van der Waals surface area (Å²) in [4.78, 5) is 38.3. The average molecular weight is 399 g/mol. The van der Waals surface area contributed by atoms with Crippen LogP contribution in [0.1, 0.15) is 23.4 Å². The van der Waals surface area contributed by atoms with Crippen molar-refractivity contribution in [3.63, 3.8) is 0 Å². The second kappa shape index (κ2) is 8.34. The molecular formula is C20H25N5O4. The highest BCUT2D eigenvalue weighted by molar-refractivity contribution is 6.07. The number of benzene rings is 1. The normalized spacial score (nSPS) is 16.1. The van der Waals surface area contributed by atoms with Gasteiger partial charge in [0.05, 0.1) is 30.6 Å². The molecule has 9 nitrogen and oxygen atoms in total. The quantitative estimate of drug-likeness (QED) is 0.687. The summed E-state index contributed by atoms with van der Waals surface area (Å²) in [6, 6.07) is 6.10. The maximum atomic E-state index is 12.6. The van der Waals surface area contributed by atoms with Crippen LogP contribution in [0, 0.1) is 13.8 Å². The van der Waals surface area contributed by atoms with Crippen LogP contribution in [0.15, 0.2) is 24.3 Å². The van der Waals surface area contributed by atoms with E-state index in [1.54, 1.807) is 25.8 Å². The van der Waals surface area contributed by atoms with Gasteiger partial charge in [0.15, 0.2) is 0 Å². The largest absolute Gasteiger partial charge is 0.497 e. The third kappa shape index (κ3) is 4.39. The number of imide groups is 1. The first-order valence-electron chi connectivity index (χ1n) is 9.35. The van der Waals surface area contributed by atoms with Crippen molar-refractivity contribution in [2.24, 2.45) is 7.05 Å². The van der Waals surface area contributed by atoms with Gasteiger partial charge in [-0.25, -0.2) is 4.79 Å². The number of aromatic nitrogens is 2. The standard InChI is InChI=1S/C20H25N5O4/c1-12-18(13(2)24(3)23-12)22-17(26)11-16-19(27)25(20(28)21-16)10-9-14-5-7-15(29-4)8-6-14/h5-8,16H,9-11H2,1-4H3,(H,21,28)(H,22,26)/t16-/m1/s1. The number of carbonyl (C=O) groups excluding carboxylic acids is 3. The van der Waals surface area contributed by atoms with E-state index in [0.29, 0.717) is 17.8 Å². The minimum Gasteiger partial charge on any atom is -0.497 e. The summed E-state index contributed by atoms with van der Waals surface area (Å²) in [6.45, 7) is 3.89. The number of hydrogen-bond acceptors (Lipinski definition) is 5. The molecule has 0 saturated carbocycles. The molecule has 154 valence electrons. The molecule has 1 aliphatic rings. The Morgan fingerprint density at radius 2 is 1.93 bits per heavy atom. The van der Waals surface area contributed by atoms with Gasteiger partial charge in [-0.3, -0.25) is 19.2 Å². The Balaban J connectivity index is 1.57. The van der Waals surface area contributed by atoms with E-state index in [1.807, 2.05) is 31.2 Å². The van der Waals surface area contributed by atoms with E-state index in [9.17, 15) is 14.4 Å². The fraction of sp³-hybridized carbons (Fsp3) is 0.400. The van der Waals surface area contributed by atoms with Crippen molar-refractivity contribution >= 4 is 23.5 Å². The van der Waals surface area contributed by atoms with E-state index in [0.717, 1.165) is 21.9 Å². The number of nitrogens with zero attached hydrogens (tertiary/aromatic N) is 3. The lowest BCUT2D eigenvalue weighted by molar-refractivity contribution is -0.129. The lowest BCUT2D eigenvalue weighted by Gasteiger charge is -2.13. The van der Waals surface area contributed by atoms with Crippen molar-refractivity contribution < 1.29 is 19.1 Å². The summed E-state index contributed by atoms with van der Waals surface area (Å²) in [5.74, 6) is 0.00653. The monoisotopic (exact) mass is 399 g/mol. The van der Waals surface area contributed by atoms with Crippen molar-refractivity contribution in [3.05, 3.63) is 41.2 Å². The zero-order valence-electron chi connectivity index (χ0n) is 17.0. The number of nitrogens with one attached hydrogen (secondary N) is 2. The fourth-order valence-corrected chi connectivity index (χ4v) is 3.29. The molecule has 2 N–H and O–H groups in total. The molecule has 1 fully saturated rings. The van der Waals surface area contributed by atoms with Crippen LogP contribution < -0.4 is 15.4 Å². The van der Waals surface area contributed by atoms with Crippen LogP contribution in [0.25, 0.3) is 0 Å². The summed E-state index contributed by atoms with van der Waals surface area (Å²) in [5.41, 5.74) is 3.13. The molecule has 1 atom stereocenters. The molecule has 2 aromatic rings. The van der Waals surface area contributed by atoms with Gasteiger partial charge in [0.1, 0.15) is 11.8 Å². The Labute approximate surface area is 169 Å². The molecule has 1 saturated heterocycles. The summed E-state index contributed by atoms with van der Waals surface area (Å²) in [5, 5.41) is 9.63. The first-order chi connectivity index (χ1) is 13.8. The molecule has 0 spiro atoms. The Morgan fingerprint density at radius 3 is 2.52 bits per heavy atom. The zero-order chi connectivity index (χ0) is 21.1. The van der Waals surface area contributed by atoms with Gasteiger partial charge in [-0.15, -0.1) is 0 Å². The smallest absolute Gasteiger partial charge is 0.324 e. The molecule has 1 aromatic carbocycles. The van der Waals surface area contributed by atoms with Crippen molar-refractivity contribution in [3.8, 4) is 5.75 Å². The Bertz CT molecular complexity index is 935. The van der Waals surface area contributed by atoms with Crippen molar-refractivity contribution in [2.75, 3.05) is 19.0 Å². The predicted molar refractivity (Wildman–Crippen MR) is 107 cm³/mol. The van der Waals surface area contributed by atoms with Gasteiger partial charge in [-0.05, 0) is 38.0 Å². The number of amides is 4. The van der Waals surface area contributed by atoms with E-state index in [1.165, 1.54) is 0 Å². The maximum Gasteiger partial charge on any atom is 0.324 e. The van der Waals surface area contributed by atoms with Crippen LogP contribution in [0.2, 0.25) is 0 Å². The Hall–Kier alpha value is -3.36. The number of hydrogen-bond donors (Lipinski definition) is 2. The number of carbonyl (C=O) groups is 3. The molecule has 1 aliphatic heterocycles. The van der Waals surface area contributed by atoms with E-state index < -0.39 is 18.0 Å². The second-order valence-corrected chi connectivity index (χ2v) is 7.01. The van der Waals surface area contributed by atoms with Crippen LogP contribution in [0.4, 0.5) is 10.5 Å². The molecule has 0 bridgehead atoms. The molecule has 3 rings (SSSR count). The lowest BCUT2D eigenvalue weighted by Crippen LogP contribution is -2.35. The van der Waals surface area contributed by atoms with Crippen LogP contribution in [0.5, 0.6) is 5.75 Å². The number of ether oxygens (including phenoxy) is 1. The summed E-state index contributed by atoms with van der Waals surface area (Å²) >= 11 is 0. The van der Waals surface area contributed by atoms with Crippen molar-refractivity contribution in [1.29, 1.82) is 0 Å². The Morgan fingerprint density at radius 1 is 1.24 bits per heavy atom. The second-order valence-electron chi connectivity index (χ2n) is 7.01. The summed E-state index contributed by atoms with van der Waals surface area (Å²) < 4.78 is 6.79. The van der Waals surface area contributed by atoms with E-state index in [-0.39, 0.29) is 18.9 Å². The lowest BCUT2D eigenvalue weighted by atomic mass is 10.1. The van der Waals surface area contributed by atoms with Gasteiger partial charge in [-0.2, -0.15) is 5.10 Å². The number of methoxy groups -OCH3 is 1. The van der Waals surface area contributed by atoms with Crippen LogP contribution in [-0.2, 0) is 23.1 Å². The first kappa shape index (κ1) is 20.4. The minimum absolute atomic E-state index is 0.128. The summed E-state index contributed by atoms with van der Waals surface area (Å²) in [7, 11) is 3.38. The van der Waals surface area contributed by atoms with Gasteiger partial charge in [0, 0.05) is 13.6 Å². The van der Waals surface area contributed by atoms with E-state index in [4.69, 9.17) is 4.74 Å². The first-order valence-corrected chi connectivity index (χ1v) is 9.35. The zero-order valence-corrected chi connectivity index (χ0v) is 17.0. The molecule has 1 aromatic heterocycles. The fourth-order valence-electron chi connectivity index (χ4n) is 3.29. The molecule has 29 heavy (non-hydrogen) atoms. The predicted octanol–water partition coefficient (Wildman–Crippen LogP) is 1.54. The number of urea groups is 1. The average Bonchev–Trinajstić information content (AvgIpc) is 3.09. The van der Waals surface area contributed by atoms with Gasteiger partial charge >= 0.3 is 6.03 Å². The van der Waals surface area contributed by atoms with E-state index in [2.05, 4.69) is 15.7 Å². The number of aryl methyl sites for hydroxylation is 2. The molecule has 0 unspecified atom stereocenters. The third-order valence-electron chi connectivity index (χ3n) is 5.05. The topological polar surface area (TPSA) is 106 Å². The highest BCUT2D eigenvalue weighted by Crippen LogP contribution is 2.19. The SMILES string of the molecule is COc1ccc(CCN2C(=O)N[C@H](CC(=O)Nc3c(C)nn(C)c3C)C2=O)cc1. The molecule has 2 heterocycles. The summed E-state index contributed by atoms with van der Waals surface area (Å²) in [6.07, 6.45) is 0.396. The van der Waals surface area contributed by atoms with Crippen LogP contribution in [-0.4, -0.2) is 52.2 Å². The van der Waals surface area contributed by atoms with Gasteiger partial charge in [-0.1, -0.05) is 12.1 Å². The highest BCUT2D eigenvalue weighted by Gasteiger charge is 2.38. The maximum absolute atomic E-state index is 12.6. The van der Waals surface area contributed by atoms with Crippen LogP contribution >= 0.6 is 0 Å². The number of anilines is 1. The molecular weight excluding hydrogens is 374 g/mol. The van der Waals surface area contributed by atoms with Gasteiger partial charge < -0.3 is 15.4 Å². The van der Waals surface area contributed by atoms with Crippen LogP contribution in [0.3, 0.4) is 0 Å². The molecule has 0 aliphatic carbocycles. The molecule has 0 radical (unpaired) electrons. The minimum atomic E-state index is -0.865. The van der Waals surface area contributed by atoms with Gasteiger partial charge in [0.2, 0.25) is 5.91 Å². The Kier molecular flexibility index (Phi) is 5.86. The molecule has 9 heteroatoms. The van der Waals surface area contributed by atoms with Gasteiger partial charge in [0.25, 0.3) is 5.91 Å². The van der Waals surface area contributed by atoms with Crippen molar-refractivity contribution in [2.45, 2.75) is 32.7 Å². The number of rotatable bonds is 7. The molecule has 4 amide bonds. The highest BCUT2D eigenvalue weighted by atomic mass is 16.5. The third-order valence-corrected chi connectivity index (χ3v) is 5.05.